The Bertz CT molecular complexity index is 765. The third-order valence-corrected chi connectivity index (χ3v) is 5.73. The lowest BCUT2D eigenvalue weighted by atomic mass is 10.0. The van der Waals surface area contributed by atoms with Crippen molar-refractivity contribution < 1.29 is 8.42 Å². The predicted octanol–water partition coefficient (Wildman–Crippen LogP) is 1.63. The van der Waals surface area contributed by atoms with E-state index in [2.05, 4.69) is 0 Å². The van der Waals surface area contributed by atoms with Crippen molar-refractivity contribution >= 4 is 15.7 Å². The molecule has 3 rings (SSSR count). The molecule has 2 aromatic rings. The molecule has 1 aliphatic heterocycles. The lowest BCUT2D eigenvalue weighted by Crippen LogP contribution is -2.35. The molecule has 6 heteroatoms. The SMILES string of the molecule is Cn1cc(S(=O)(=O)N2CCCc3ccccc32)cc1CN. The zero-order valence-corrected chi connectivity index (χ0v) is 12.8. The summed E-state index contributed by atoms with van der Waals surface area (Å²) >= 11 is 0. The van der Waals surface area contributed by atoms with Crippen molar-refractivity contribution in [3.05, 3.63) is 47.8 Å². The number of anilines is 1. The maximum absolute atomic E-state index is 12.9. The maximum Gasteiger partial charge on any atom is 0.265 e. The van der Waals surface area contributed by atoms with Gasteiger partial charge in [0, 0.05) is 32.0 Å². The van der Waals surface area contributed by atoms with Crippen LogP contribution in [0, 0.1) is 0 Å². The summed E-state index contributed by atoms with van der Waals surface area (Å²) in [4.78, 5) is 0.308. The number of benzene rings is 1. The van der Waals surface area contributed by atoms with Crippen LogP contribution in [0.25, 0.3) is 0 Å². The molecule has 1 aromatic heterocycles. The van der Waals surface area contributed by atoms with Crippen molar-refractivity contribution in [2.45, 2.75) is 24.3 Å². The van der Waals surface area contributed by atoms with E-state index in [0.717, 1.165) is 29.8 Å². The Hall–Kier alpha value is -1.79. The smallest absolute Gasteiger partial charge is 0.265 e. The first-order valence-corrected chi connectivity index (χ1v) is 8.44. The third kappa shape index (κ3) is 2.34. The van der Waals surface area contributed by atoms with E-state index in [1.807, 2.05) is 31.3 Å². The highest BCUT2D eigenvalue weighted by molar-refractivity contribution is 7.92. The van der Waals surface area contributed by atoms with Crippen molar-refractivity contribution in [1.29, 1.82) is 0 Å². The Kier molecular flexibility index (Phi) is 3.51. The van der Waals surface area contributed by atoms with Crippen LogP contribution in [-0.4, -0.2) is 19.5 Å². The second-order valence-corrected chi connectivity index (χ2v) is 7.15. The van der Waals surface area contributed by atoms with E-state index in [9.17, 15) is 8.42 Å². The average Bonchev–Trinajstić information content (AvgIpc) is 2.88. The molecule has 112 valence electrons. The molecule has 1 aromatic carbocycles. The van der Waals surface area contributed by atoms with Crippen LogP contribution in [0.3, 0.4) is 0 Å². The van der Waals surface area contributed by atoms with Gasteiger partial charge in [-0.15, -0.1) is 0 Å². The van der Waals surface area contributed by atoms with Crippen molar-refractivity contribution in [3.8, 4) is 0 Å². The minimum Gasteiger partial charge on any atom is -0.352 e. The first kappa shape index (κ1) is 14.2. The summed E-state index contributed by atoms with van der Waals surface area (Å²) in [6.45, 7) is 0.842. The van der Waals surface area contributed by atoms with E-state index in [-0.39, 0.29) is 0 Å². The van der Waals surface area contributed by atoms with E-state index in [1.54, 1.807) is 16.8 Å². The molecule has 0 spiro atoms. The summed E-state index contributed by atoms with van der Waals surface area (Å²) < 4.78 is 29.1. The number of hydrogen-bond donors (Lipinski definition) is 1. The first-order valence-electron chi connectivity index (χ1n) is 7.00. The van der Waals surface area contributed by atoms with Crippen LogP contribution in [-0.2, 0) is 30.0 Å². The molecule has 0 saturated carbocycles. The number of rotatable bonds is 3. The fourth-order valence-corrected chi connectivity index (χ4v) is 4.43. The van der Waals surface area contributed by atoms with Crippen molar-refractivity contribution in [3.63, 3.8) is 0 Å². The van der Waals surface area contributed by atoms with Gasteiger partial charge in [0.2, 0.25) is 0 Å². The standard InChI is InChI=1S/C15H19N3O2S/c1-17-11-14(9-13(17)10-16)21(19,20)18-8-4-6-12-5-2-3-7-15(12)18/h2-3,5,7,9,11H,4,6,8,10,16H2,1H3. The number of nitrogens with zero attached hydrogens (tertiary/aromatic N) is 2. The van der Waals surface area contributed by atoms with Gasteiger partial charge in [-0.3, -0.25) is 4.31 Å². The van der Waals surface area contributed by atoms with Crippen LogP contribution in [0.15, 0.2) is 41.4 Å². The summed E-state index contributed by atoms with van der Waals surface area (Å²) in [5.41, 5.74) is 8.32. The van der Waals surface area contributed by atoms with Gasteiger partial charge in [0.05, 0.1) is 5.69 Å². The third-order valence-electron chi connectivity index (χ3n) is 3.95. The second kappa shape index (κ2) is 5.20. The number of sulfonamides is 1. The van der Waals surface area contributed by atoms with Crippen LogP contribution < -0.4 is 10.0 Å². The Labute approximate surface area is 125 Å². The molecule has 0 atom stereocenters. The van der Waals surface area contributed by atoms with Gasteiger partial charge in [-0.2, -0.15) is 0 Å². The molecule has 0 amide bonds. The van der Waals surface area contributed by atoms with Gasteiger partial charge in [-0.05, 0) is 30.5 Å². The molecule has 0 aliphatic carbocycles. The van der Waals surface area contributed by atoms with Crippen LogP contribution >= 0.6 is 0 Å². The molecule has 0 fully saturated rings. The molecular formula is C15H19N3O2S. The second-order valence-electron chi connectivity index (χ2n) is 5.29. The van der Waals surface area contributed by atoms with Crippen LogP contribution in [0.4, 0.5) is 5.69 Å². The number of aryl methyl sites for hydroxylation is 2. The normalized spacial score (nSPS) is 15.0. The highest BCUT2D eigenvalue weighted by Gasteiger charge is 2.29. The zero-order valence-electron chi connectivity index (χ0n) is 12.0. The highest BCUT2D eigenvalue weighted by atomic mass is 32.2. The Morgan fingerprint density at radius 3 is 2.76 bits per heavy atom. The quantitative estimate of drug-likeness (QED) is 0.937. The number of para-hydroxylation sites is 1. The maximum atomic E-state index is 12.9. The van der Waals surface area contributed by atoms with E-state index >= 15 is 0 Å². The van der Waals surface area contributed by atoms with Gasteiger partial charge in [-0.1, -0.05) is 18.2 Å². The van der Waals surface area contributed by atoms with Crippen molar-refractivity contribution in [2.24, 2.45) is 12.8 Å². The van der Waals surface area contributed by atoms with Crippen LogP contribution in [0.5, 0.6) is 0 Å². The molecule has 2 N–H and O–H groups in total. The highest BCUT2D eigenvalue weighted by Crippen LogP contribution is 2.32. The van der Waals surface area contributed by atoms with Crippen LogP contribution in [0.1, 0.15) is 17.7 Å². The summed E-state index contributed by atoms with van der Waals surface area (Å²) in [7, 11) is -1.72. The topological polar surface area (TPSA) is 68.3 Å². The molecule has 5 nitrogen and oxygen atoms in total. The molecule has 21 heavy (non-hydrogen) atoms. The number of aromatic nitrogens is 1. The van der Waals surface area contributed by atoms with Gasteiger partial charge in [0.15, 0.2) is 0 Å². The monoisotopic (exact) mass is 305 g/mol. The number of nitrogens with two attached hydrogens (primary N) is 1. The number of hydrogen-bond acceptors (Lipinski definition) is 3. The van der Waals surface area contributed by atoms with Gasteiger partial charge in [-0.25, -0.2) is 8.42 Å². The lowest BCUT2D eigenvalue weighted by molar-refractivity contribution is 0.586. The molecule has 0 radical (unpaired) electrons. The Morgan fingerprint density at radius 2 is 2.05 bits per heavy atom. The summed E-state index contributed by atoms with van der Waals surface area (Å²) in [6, 6.07) is 9.35. The average molecular weight is 305 g/mol. The van der Waals surface area contributed by atoms with Crippen molar-refractivity contribution in [1.82, 2.24) is 4.57 Å². The van der Waals surface area contributed by atoms with E-state index in [1.165, 1.54) is 4.31 Å². The minimum absolute atomic E-state index is 0.308. The largest absolute Gasteiger partial charge is 0.352 e. The fourth-order valence-electron chi connectivity index (χ4n) is 2.80. The lowest BCUT2D eigenvalue weighted by Gasteiger charge is -2.30. The van der Waals surface area contributed by atoms with Gasteiger partial charge in [0.25, 0.3) is 10.0 Å². The number of fused-ring (bicyclic) bond motifs is 1. The first-order chi connectivity index (χ1) is 10.0. The van der Waals surface area contributed by atoms with Crippen molar-refractivity contribution in [2.75, 3.05) is 10.8 Å². The Morgan fingerprint density at radius 1 is 1.29 bits per heavy atom. The molecular weight excluding hydrogens is 286 g/mol. The summed E-state index contributed by atoms with van der Waals surface area (Å²) in [5.74, 6) is 0. The molecule has 1 aliphatic rings. The van der Waals surface area contributed by atoms with E-state index in [0.29, 0.717) is 18.0 Å². The summed E-state index contributed by atoms with van der Waals surface area (Å²) in [5, 5.41) is 0. The summed E-state index contributed by atoms with van der Waals surface area (Å²) in [6.07, 6.45) is 3.40. The Balaban J connectivity index is 2.07. The molecule has 0 bridgehead atoms. The zero-order chi connectivity index (χ0) is 15.0. The minimum atomic E-state index is -3.53. The molecule has 0 saturated heterocycles. The van der Waals surface area contributed by atoms with Gasteiger partial charge >= 0.3 is 0 Å². The molecule has 2 heterocycles. The predicted molar refractivity (Wildman–Crippen MR) is 82.6 cm³/mol. The fraction of sp³-hybridized carbons (Fsp3) is 0.333. The van der Waals surface area contributed by atoms with Gasteiger partial charge < -0.3 is 10.3 Å². The van der Waals surface area contributed by atoms with Gasteiger partial charge in [0.1, 0.15) is 4.90 Å². The van der Waals surface area contributed by atoms with E-state index in [4.69, 9.17) is 5.73 Å². The molecule has 0 unspecified atom stereocenters. The van der Waals surface area contributed by atoms with Crippen LogP contribution in [0.2, 0.25) is 0 Å². The van der Waals surface area contributed by atoms with E-state index < -0.39 is 10.0 Å².